The van der Waals surface area contributed by atoms with Crippen LogP contribution >= 0.6 is 0 Å². The van der Waals surface area contributed by atoms with Gasteiger partial charge >= 0.3 is 0 Å². The van der Waals surface area contributed by atoms with Crippen LogP contribution in [0.3, 0.4) is 0 Å². The number of hydrogen-bond acceptors (Lipinski definition) is 4. The molecule has 0 saturated heterocycles. The van der Waals surface area contributed by atoms with Gasteiger partial charge in [-0.15, -0.1) is 10.2 Å². The molecular weight excluding hydrogens is 338 g/mol. The Labute approximate surface area is 157 Å². The molecule has 2 aromatic heterocycles. The molecule has 6 heteroatoms. The maximum absolute atomic E-state index is 12.6. The standard InChI is InChI=1S/C21H23N5O/c1-21(2,3)15-10-6-7-11-16(15)22-13-18-23-24-20-25(4)19(27)14-9-5-8-12-17(14)26(18)20/h5-12,22H,13H2,1-4H3. The van der Waals surface area contributed by atoms with Crippen LogP contribution in [0.4, 0.5) is 5.69 Å². The zero-order valence-corrected chi connectivity index (χ0v) is 16.0. The summed E-state index contributed by atoms with van der Waals surface area (Å²) < 4.78 is 3.49. The van der Waals surface area contributed by atoms with E-state index in [0.717, 1.165) is 17.0 Å². The van der Waals surface area contributed by atoms with E-state index in [1.807, 2.05) is 34.7 Å². The maximum Gasteiger partial charge on any atom is 0.262 e. The molecule has 4 aromatic rings. The smallest absolute Gasteiger partial charge is 0.262 e. The Morgan fingerprint density at radius 1 is 1.00 bits per heavy atom. The molecule has 138 valence electrons. The zero-order chi connectivity index (χ0) is 19.2. The number of nitrogens with zero attached hydrogens (tertiary/aromatic N) is 4. The number of benzene rings is 2. The number of rotatable bonds is 3. The minimum absolute atomic E-state index is 0.0348. The van der Waals surface area contributed by atoms with Crippen LogP contribution in [0, 0.1) is 0 Å². The normalized spacial score (nSPS) is 12.0. The van der Waals surface area contributed by atoms with Crippen LogP contribution < -0.4 is 10.9 Å². The van der Waals surface area contributed by atoms with Crippen molar-refractivity contribution in [1.29, 1.82) is 0 Å². The van der Waals surface area contributed by atoms with E-state index in [1.54, 1.807) is 11.6 Å². The van der Waals surface area contributed by atoms with Crippen molar-refractivity contribution >= 4 is 22.4 Å². The van der Waals surface area contributed by atoms with Crippen LogP contribution in [0.5, 0.6) is 0 Å². The summed E-state index contributed by atoms with van der Waals surface area (Å²) in [5.74, 6) is 1.31. The van der Waals surface area contributed by atoms with Crippen LogP contribution in [-0.2, 0) is 19.0 Å². The Hall–Kier alpha value is -3.15. The fraction of sp³-hybridized carbons (Fsp3) is 0.286. The van der Waals surface area contributed by atoms with Crippen molar-refractivity contribution in [2.75, 3.05) is 5.32 Å². The van der Waals surface area contributed by atoms with Crippen molar-refractivity contribution in [1.82, 2.24) is 19.2 Å². The highest BCUT2D eigenvalue weighted by atomic mass is 16.1. The number of aryl methyl sites for hydroxylation is 1. The van der Waals surface area contributed by atoms with Gasteiger partial charge in [-0.2, -0.15) is 0 Å². The van der Waals surface area contributed by atoms with E-state index in [-0.39, 0.29) is 11.0 Å². The first-order valence-corrected chi connectivity index (χ1v) is 9.03. The van der Waals surface area contributed by atoms with Crippen molar-refractivity contribution in [3.05, 3.63) is 70.3 Å². The predicted octanol–water partition coefficient (Wildman–Crippen LogP) is 3.49. The third-order valence-electron chi connectivity index (χ3n) is 4.87. The number of aromatic nitrogens is 4. The fourth-order valence-corrected chi connectivity index (χ4v) is 3.47. The van der Waals surface area contributed by atoms with Crippen molar-refractivity contribution < 1.29 is 0 Å². The molecule has 4 rings (SSSR count). The monoisotopic (exact) mass is 361 g/mol. The molecule has 0 atom stereocenters. The summed E-state index contributed by atoms with van der Waals surface area (Å²) in [6.07, 6.45) is 0. The second-order valence-corrected chi connectivity index (χ2v) is 7.78. The van der Waals surface area contributed by atoms with E-state index in [0.29, 0.717) is 17.7 Å². The Kier molecular flexibility index (Phi) is 3.98. The topological polar surface area (TPSA) is 64.2 Å². The lowest BCUT2D eigenvalue weighted by atomic mass is 9.86. The Balaban J connectivity index is 1.80. The first kappa shape index (κ1) is 17.3. The Morgan fingerprint density at radius 3 is 2.48 bits per heavy atom. The average molecular weight is 361 g/mol. The molecule has 0 spiro atoms. The second-order valence-electron chi connectivity index (χ2n) is 7.78. The molecule has 0 fully saturated rings. The lowest BCUT2D eigenvalue weighted by Gasteiger charge is -2.23. The van der Waals surface area contributed by atoms with E-state index >= 15 is 0 Å². The highest BCUT2D eigenvalue weighted by molar-refractivity contribution is 5.80. The minimum Gasteiger partial charge on any atom is -0.377 e. The van der Waals surface area contributed by atoms with Gasteiger partial charge in [0, 0.05) is 12.7 Å². The molecule has 2 heterocycles. The van der Waals surface area contributed by atoms with Gasteiger partial charge in [0.1, 0.15) is 0 Å². The quantitative estimate of drug-likeness (QED) is 0.607. The van der Waals surface area contributed by atoms with Crippen molar-refractivity contribution in [2.24, 2.45) is 7.05 Å². The van der Waals surface area contributed by atoms with Crippen molar-refractivity contribution in [2.45, 2.75) is 32.7 Å². The third-order valence-corrected chi connectivity index (χ3v) is 4.87. The average Bonchev–Trinajstić information content (AvgIpc) is 3.08. The van der Waals surface area contributed by atoms with Gasteiger partial charge in [-0.25, -0.2) is 0 Å². The minimum atomic E-state index is -0.0666. The van der Waals surface area contributed by atoms with E-state index in [2.05, 4.69) is 54.5 Å². The summed E-state index contributed by atoms with van der Waals surface area (Å²) in [5.41, 5.74) is 3.11. The molecule has 0 aliphatic heterocycles. The molecule has 1 N–H and O–H groups in total. The van der Waals surface area contributed by atoms with Crippen LogP contribution in [0.15, 0.2) is 53.3 Å². The van der Waals surface area contributed by atoms with E-state index in [1.165, 1.54) is 5.56 Å². The summed E-state index contributed by atoms with van der Waals surface area (Å²) in [7, 11) is 1.73. The van der Waals surface area contributed by atoms with Crippen molar-refractivity contribution in [3.8, 4) is 0 Å². The van der Waals surface area contributed by atoms with Gasteiger partial charge in [-0.1, -0.05) is 51.1 Å². The van der Waals surface area contributed by atoms with Crippen LogP contribution in [-0.4, -0.2) is 19.2 Å². The largest absolute Gasteiger partial charge is 0.377 e. The van der Waals surface area contributed by atoms with Crippen LogP contribution in [0.1, 0.15) is 32.2 Å². The second kappa shape index (κ2) is 6.23. The van der Waals surface area contributed by atoms with Gasteiger partial charge in [-0.05, 0) is 29.2 Å². The molecular formula is C21H23N5O. The predicted molar refractivity (Wildman–Crippen MR) is 108 cm³/mol. The molecule has 0 aliphatic rings. The number of anilines is 1. The van der Waals surface area contributed by atoms with Crippen LogP contribution in [0.2, 0.25) is 0 Å². The summed E-state index contributed by atoms with van der Waals surface area (Å²) >= 11 is 0. The Morgan fingerprint density at radius 2 is 1.70 bits per heavy atom. The zero-order valence-electron chi connectivity index (χ0n) is 16.0. The Bertz CT molecular complexity index is 1200. The maximum atomic E-state index is 12.6. The molecule has 6 nitrogen and oxygen atoms in total. The molecule has 0 aliphatic carbocycles. The van der Waals surface area contributed by atoms with E-state index in [4.69, 9.17) is 0 Å². The van der Waals surface area contributed by atoms with Gasteiger partial charge < -0.3 is 5.32 Å². The fourth-order valence-electron chi connectivity index (χ4n) is 3.47. The third kappa shape index (κ3) is 2.87. The number of fused-ring (bicyclic) bond motifs is 3. The van der Waals surface area contributed by atoms with Crippen molar-refractivity contribution in [3.63, 3.8) is 0 Å². The summed E-state index contributed by atoms with van der Waals surface area (Å²) in [5, 5.41) is 12.8. The van der Waals surface area contributed by atoms with Gasteiger partial charge in [0.25, 0.3) is 5.56 Å². The van der Waals surface area contributed by atoms with Gasteiger partial charge in [0.15, 0.2) is 5.82 Å². The summed E-state index contributed by atoms with van der Waals surface area (Å²) in [6, 6.07) is 15.9. The lowest BCUT2D eigenvalue weighted by Crippen LogP contribution is -2.21. The van der Waals surface area contributed by atoms with Gasteiger partial charge in [0.2, 0.25) is 5.78 Å². The van der Waals surface area contributed by atoms with E-state index in [9.17, 15) is 4.79 Å². The first-order chi connectivity index (χ1) is 12.9. The molecule has 0 bridgehead atoms. The molecule has 0 saturated carbocycles. The molecule has 0 unspecified atom stereocenters. The molecule has 0 radical (unpaired) electrons. The SMILES string of the molecule is Cn1c(=O)c2ccccc2n2c(CNc3ccccc3C(C)(C)C)nnc12. The number of nitrogens with one attached hydrogen (secondary N) is 1. The summed E-state index contributed by atoms with van der Waals surface area (Å²) in [4.78, 5) is 12.6. The number of hydrogen-bond donors (Lipinski definition) is 1. The highest BCUT2D eigenvalue weighted by Crippen LogP contribution is 2.29. The number of para-hydroxylation sites is 2. The highest BCUT2D eigenvalue weighted by Gasteiger charge is 2.18. The van der Waals surface area contributed by atoms with E-state index < -0.39 is 0 Å². The summed E-state index contributed by atoms with van der Waals surface area (Å²) in [6.45, 7) is 7.10. The molecule has 2 aromatic carbocycles. The first-order valence-electron chi connectivity index (χ1n) is 9.03. The molecule has 27 heavy (non-hydrogen) atoms. The van der Waals surface area contributed by atoms with Gasteiger partial charge in [-0.3, -0.25) is 13.8 Å². The molecule has 0 amide bonds. The van der Waals surface area contributed by atoms with Gasteiger partial charge in [0.05, 0.1) is 17.4 Å². The van der Waals surface area contributed by atoms with Crippen LogP contribution in [0.25, 0.3) is 16.7 Å². The lowest BCUT2D eigenvalue weighted by molar-refractivity contribution is 0.591.